The summed E-state index contributed by atoms with van der Waals surface area (Å²) in [5, 5.41) is 20.3. The predicted molar refractivity (Wildman–Crippen MR) is 134 cm³/mol. The molecule has 0 aliphatic carbocycles. The van der Waals surface area contributed by atoms with Gasteiger partial charge in [0.25, 0.3) is 0 Å². The number of hydrogen-bond acceptors (Lipinski definition) is 2. The van der Waals surface area contributed by atoms with Crippen molar-refractivity contribution in [3.63, 3.8) is 0 Å². The lowest BCUT2D eigenvalue weighted by Crippen LogP contribution is -2.33. The molecular formula is C28H58O2. The molecule has 0 aromatic rings. The number of aliphatic hydroxyl groups is 2. The fourth-order valence-electron chi connectivity index (χ4n) is 4.52. The van der Waals surface area contributed by atoms with Crippen LogP contribution >= 0.6 is 0 Å². The Hall–Kier alpha value is -0.0800. The zero-order valence-corrected chi connectivity index (χ0v) is 21.1. The van der Waals surface area contributed by atoms with E-state index in [2.05, 4.69) is 13.8 Å². The molecule has 0 amide bonds. The van der Waals surface area contributed by atoms with Crippen LogP contribution in [0.4, 0.5) is 0 Å². The third-order valence-corrected chi connectivity index (χ3v) is 6.79. The van der Waals surface area contributed by atoms with Gasteiger partial charge >= 0.3 is 0 Å². The Balaban J connectivity index is 3.45. The standard InChI is InChI=1S/C28H58O2/c1-3-5-7-9-11-13-15-16-18-20-22-24-26-28(30,27-29)25-23-21-19-17-14-12-10-8-6-4-2/h29-30H,3-27H2,1-2H3. The molecule has 0 saturated carbocycles. The topological polar surface area (TPSA) is 40.5 Å². The van der Waals surface area contributed by atoms with Crippen LogP contribution in [0.5, 0.6) is 0 Å². The van der Waals surface area contributed by atoms with E-state index in [0.717, 1.165) is 25.7 Å². The van der Waals surface area contributed by atoms with Crippen LogP contribution in [0, 0.1) is 0 Å². The minimum absolute atomic E-state index is 0.0670. The van der Waals surface area contributed by atoms with Crippen LogP contribution in [0.15, 0.2) is 0 Å². The lowest BCUT2D eigenvalue weighted by Gasteiger charge is -2.26. The Kier molecular flexibility index (Phi) is 23.5. The lowest BCUT2D eigenvalue weighted by molar-refractivity contribution is -0.0314. The second-order valence-electron chi connectivity index (χ2n) is 9.95. The van der Waals surface area contributed by atoms with Gasteiger partial charge in [-0.3, -0.25) is 0 Å². The first-order chi connectivity index (χ1) is 14.7. The van der Waals surface area contributed by atoms with Gasteiger partial charge in [0.15, 0.2) is 0 Å². The van der Waals surface area contributed by atoms with Gasteiger partial charge in [0.1, 0.15) is 0 Å². The third kappa shape index (κ3) is 21.2. The second kappa shape index (κ2) is 23.6. The van der Waals surface area contributed by atoms with Crippen molar-refractivity contribution in [3.8, 4) is 0 Å². The SMILES string of the molecule is CCCCCCCCCCCCCCC(O)(CO)CCCCCCCCCCCC. The van der Waals surface area contributed by atoms with E-state index in [0.29, 0.717) is 0 Å². The minimum Gasteiger partial charge on any atom is -0.393 e. The molecule has 2 N–H and O–H groups in total. The first-order valence-electron chi connectivity index (χ1n) is 14.0. The smallest absolute Gasteiger partial charge is 0.0877 e. The normalized spacial score (nSPS) is 13.6. The fourth-order valence-corrected chi connectivity index (χ4v) is 4.52. The number of aliphatic hydroxyl groups excluding tert-OH is 1. The highest BCUT2D eigenvalue weighted by Crippen LogP contribution is 2.23. The highest BCUT2D eigenvalue weighted by Gasteiger charge is 2.24. The van der Waals surface area contributed by atoms with Gasteiger partial charge in [-0.25, -0.2) is 0 Å². The molecule has 0 bridgehead atoms. The maximum absolute atomic E-state index is 10.7. The minimum atomic E-state index is -0.821. The number of unbranched alkanes of at least 4 members (excludes halogenated alkanes) is 20. The highest BCUT2D eigenvalue weighted by molar-refractivity contribution is 4.77. The fraction of sp³-hybridized carbons (Fsp3) is 1.00. The van der Waals surface area contributed by atoms with Gasteiger partial charge in [-0.15, -0.1) is 0 Å². The molecule has 0 aromatic carbocycles. The van der Waals surface area contributed by atoms with E-state index in [1.807, 2.05) is 0 Å². The highest BCUT2D eigenvalue weighted by atomic mass is 16.3. The Labute approximate surface area is 190 Å². The monoisotopic (exact) mass is 426 g/mol. The van der Waals surface area contributed by atoms with E-state index >= 15 is 0 Å². The average Bonchev–Trinajstić information content (AvgIpc) is 2.76. The zero-order valence-electron chi connectivity index (χ0n) is 21.1. The Morgan fingerprint density at radius 1 is 0.400 bits per heavy atom. The van der Waals surface area contributed by atoms with Crippen molar-refractivity contribution in [1.29, 1.82) is 0 Å². The van der Waals surface area contributed by atoms with Gasteiger partial charge in [-0.2, -0.15) is 0 Å². The molecule has 2 nitrogen and oxygen atoms in total. The predicted octanol–water partition coefficient (Wildman–Crippen LogP) is 9.11. The molecule has 2 heteroatoms. The lowest BCUT2D eigenvalue weighted by atomic mass is 9.90. The van der Waals surface area contributed by atoms with E-state index in [-0.39, 0.29) is 6.61 Å². The van der Waals surface area contributed by atoms with Crippen molar-refractivity contribution in [2.24, 2.45) is 0 Å². The van der Waals surface area contributed by atoms with Crippen molar-refractivity contribution in [3.05, 3.63) is 0 Å². The molecule has 0 heterocycles. The molecule has 0 fully saturated rings. The van der Waals surface area contributed by atoms with Crippen LogP contribution in [0.2, 0.25) is 0 Å². The molecule has 1 unspecified atom stereocenters. The molecule has 30 heavy (non-hydrogen) atoms. The van der Waals surface area contributed by atoms with E-state index in [9.17, 15) is 10.2 Å². The quantitative estimate of drug-likeness (QED) is 0.143. The van der Waals surface area contributed by atoms with Gasteiger partial charge in [0, 0.05) is 0 Å². The van der Waals surface area contributed by atoms with Gasteiger partial charge in [-0.05, 0) is 12.8 Å². The summed E-state index contributed by atoms with van der Waals surface area (Å²) in [6.07, 6.45) is 30.8. The van der Waals surface area contributed by atoms with Crippen LogP contribution in [-0.4, -0.2) is 22.4 Å². The molecule has 0 saturated heterocycles. The van der Waals surface area contributed by atoms with Gasteiger partial charge in [0.2, 0.25) is 0 Å². The van der Waals surface area contributed by atoms with E-state index < -0.39 is 5.60 Å². The Morgan fingerprint density at radius 3 is 0.867 bits per heavy atom. The van der Waals surface area contributed by atoms with Crippen LogP contribution in [0.3, 0.4) is 0 Å². The zero-order chi connectivity index (χ0) is 22.2. The van der Waals surface area contributed by atoms with E-state index in [4.69, 9.17) is 0 Å². The molecule has 1 atom stereocenters. The summed E-state index contributed by atoms with van der Waals surface area (Å²) in [7, 11) is 0. The van der Waals surface area contributed by atoms with Crippen molar-refractivity contribution in [2.45, 2.75) is 174 Å². The van der Waals surface area contributed by atoms with Gasteiger partial charge < -0.3 is 10.2 Å². The summed E-state index contributed by atoms with van der Waals surface area (Å²) < 4.78 is 0. The summed E-state index contributed by atoms with van der Waals surface area (Å²) in [6, 6.07) is 0. The molecule has 0 spiro atoms. The first-order valence-corrected chi connectivity index (χ1v) is 14.0. The molecule has 0 rings (SSSR count). The molecule has 0 aliphatic heterocycles. The van der Waals surface area contributed by atoms with Crippen molar-refractivity contribution in [1.82, 2.24) is 0 Å². The van der Waals surface area contributed by atoms with Crippen LogP contribution in [0.1, 0.15) is 168 Å². The van der Waals surface area contributed by atoms with Crippen molar-refractivity contribution in [2.75, 3.05) is 6.61 Å². The van der Waals surface area contributed by atoms with Crippen molar-refractivity contribution < 1.29 is 10.2 Å². The largest absolute Gasteiger partial charge is 0.393 e. The molecular weight excluding hydrogens is 368 g/mol. The first kappa shape index (κ1) is 29.9. The maximum atomic E-state index is 10.7. The van der Waals surface area contributed by atoms with Crippen LogP contribution < -0.4 is 0 Å². The summed E-state index contributed by atoms with van der Waals surface area (Å²) in [6.45, 7) is 4.48. The summed E-state index contributed by atoms with van der Waals surface area (Å²) in [5.41, 5.74) is -0.821. The summed E-state index contributed by atoms with van der Waals surface area (Å²) >= 11 is 0. The van der Waals surface area contributed by atoms with Gasteiger partial charge in [0.05, 0.1) is 12.2 Å². The van der Waals surface area contributed by atoms with E-state index in [1.54, 1.807) is 0 Å². The van der Waals surface area contributed by atoms with Crippen LogP contribution in [-0.2, 0) is 0 Å². The summed E-state index contributed by atoms with van der Waals surface area (Å²) in [5.74, 6) is 0. The van der Waals surface area contributed by atoms with Gasteiger partial charge in [-0.1, -0.05) is 155 Å². The molecule has 0 aromatic heterocycles. The molecule has 0 aliphatic rings. The number of hydrogen-bond donors (Lipinski definition) is 2. The van der Waals surface area contributed by atoms with E-state index in [1.165, 1.54) is 128 Å². The Bertz CT molecular complexity index is 318. The summed E-state index contributed by atoms with van der Waals surface area (Å²) in [4.78, 5) is 0. The Morgan fingerprint density at radius 2 is 0.633 bits per heavy atom. The number of rotatable bonds is 25. The maximum Gasteiger partial charge on any atom is 0.0877 e. The van der Waals surface area contributed by atoms with Crippen molar-refractivity contribution >= 4 is 0 Å². The third-order valence-electron chi connectivity index (χ3n) is 6.79. The van der Waals surface area contributed by atoms with Crippen LogP contribution in [0.25, 0.3) is 0 Å². The molecule has 182 valence electrons. The second-order valence-corrected chi connectivity index (χ2v) is 9.95. The molecule has 0 radical (unpaired) electrons. The average molecular weight is 427 g/mol.